The van der Waals surface area contributed by atoms with Crippen molar-refractivity contribution in [2.45, 2.75) is 46.9 Å². The molecule has 0 bridgehead atoms. The lowest BCUT2D eigenvalue weighted by Crippen LogP contribution is -2.50. The fourth-order valence-electron chi connectivity index (χ4n) is 5.86. The molecule has 0 spiro atoms. The molecule has 2 aliphatic heterocycles. The molecule has 0 saturated carbocycles. The van der Waals surface area contributed by atoms with Gasteiger partial charge in [0.15, 0.2) is 6.61 Å². The Labute approximate surface area is 287 Å². The first kappa shape index (κ1) is 35.3. The van der Waals surface area contributed by atoms with Crippen LogP contribution in [0.4, 0.5) is 0 Å². The summed E-state index contributed by atoms with van der Waals surface area (Å²) in [6.45, 7) is 14.7. The monoisotopic (exact) mass is 675 g/mol. The predicted molar refractivity (Wildman–Crippen MR) is 189 cm³/mol. The molecule has 1 amide bonds. The SMILES string of the molecule is CC.CC(C)Oc1ccc(CN2CCOCC2)cc1-n1c(CN2CCN(C(=O)COc3ccc(Cl)cc3)CC2)nc2ccccc2c1=O. The van der Waals surface area contributed by atoms with Gasteiger partial charge in [-0.05, 0) is 67.9 Å². The number of rotatable bonds is 10. The normalized spacial score (nSPS) is 15.7. The highest BCUT2D eigenvalue weighted by atomic mass is 35.5. The van der Waals surface area contributed by atoms with E-state index in [4.69, 9.17) is 30.8 Å². The summed E-state index contributed by atoms with van der Waals surface area (Å²) in [6, 6.07) is 20.5. The number of benzene rings is 3. The minimum atomic E-state index is -0.133. The van der Waals surface area contributed by atoms with Gasteiger partial charge in [0.1, 0.15) is 17.3 Å². The van der Waals surface area contributed by atoms with E-state index in [1.54, 1.807) is 28.8 Å². The summed E-state index contributed by atoms with van der Waals surface area (Å²) in [6.07, 6.45) is -0.0781. The van der Waals surface area contributed by atoms with Gasteiger partial charge in [0.2, 0.25) is 0 Å². The maximum atomic E-state index is 14.2. The molecule has 2 aliphatic rings. The van der Waals surface area contributed by atoms with Crippen LogP contribution >= 0.6 is 11.6 Å². The van der Waals surface area contributed by atoms with Gasteiger partial charge >= 0.3 is 0 Å². The number of morpholine rings is 1. The molecular weight excluding hydrogens is 630 g/mol. The Balaban J connectivity index is 0.00000221. The Morgan fingerprint density at radius 1 is 0.896 bits per heavy atom. The molecule has 2 saturated heterocycles. The Bertz CT molecular complexity index is 1710. The number of amides is 1. The van der Waals surface area contributed by atoms with Crippen LogP contribution < -0.4 is 15.0 Å². The van der Waals surface area contributed by atoms with Crippen LogP contribution in [0.3, 0.4) is 0 Å². The first-order valence-electron chi connectivity index (χ1n) is 16.8. The Morgan fingerprint density at radius 3 is 2.29 bits per heavy atom. The highest BCUT2D eigenvalue weighted by Gasteiger charge is 2.25. The van der Waals surface area contributed by atoms with Gasteiger partial charge in [0.05, 0.1) is 42.5 Å². The second-order valence-corrected chi connectivity index (χ2v) is 12.4. The lowest BCUT2D eigenvalue weighted by atomic mass is 10.1. The second-order valence-electron chi connectivity index (χ2n) is 11.9. The zero-order valence-corrected chi connectivity index (χ0v) is 29.1. The fourth-order valence-corrected chi connectivity index (χ4v) is 5.99. The van der Waals surface area contributed by atoms with E-state index >= 15 is 0 Å². The number of fused-ring (bicyclic) bond motifs is 1. The molecular formula is C37H46ClN5O5. The summed E-state index contributed by atoms with van der Waals surface area (Å²) in [5.74, 6) is 1.80. The zero-order valence-electron chi connectivity index (χ0n) is 28.4. The molecule has 10 nitrogen and oxygen atoms in total. The van der Waals surface area contributed by atoms with Crippen molar-refractivity contribution < 1.29 is 19.0 Å². The number of hydrogen-bond donors (Lipinski definition) is 0. The van der Waals surface area contributed by atoms with Gasteiger partial charge in [-0.3, -0.25) is 24.0 Å². The standard InChI is InChI=1S/C35H40ClN5O5.C2H6/c1-25(2)46-32-12-7-26(22-39-17-19-44-20-18-39)21-31(32)41-33(37-30-6-4-3-5-29(30)35(41)43)23-38-13-15-40(16-14-38)34(42)24-45-28-10-8-27(36)9-11-28;1-2/h3-12,21,25H,13-20,22-24H2,1-2H3;1-2H3. The number of nitrogens with zero attached hydrogens (tertiary/aromatic N) is 5. The summed E-state index contributed by atoms with van der Waals surface area (Å²) in [5, 5.41) is 1.17. The highest BCUT2D eigenvalue weighted by molar-refractivity contribution is 6.30. The van der Waals surface area contributed by atoms with E-state index in [9.17, 15) is 9.59 Å². The highest BCUT2D eigenvalue weighted by Crippen LogP contribution is 2.28. The van der Waals surface area contributed by atoms with Crippen molar-refractivity contribution in [3.05, 3.63) is 93.5 Å². The van der Waals surface area contributed by atoms with Crippen molar-refractivity contribution in [3.8, 4) is 17.2 Å². The van der Waals surface area contributed by atoms with E-state index < -0.39 is 0 Å². The molecule has 1 aromatic heterocycles. The van der Waals surface area contributed by atoms with E-state index in [0.29, 0.717) is 84.9 Å². The number of halogens is 1. The van der Waals surface area contributed by atoms with Crippen molar-refractivity contribution >= 4 is 28.4 Å². The Kier molecular flexibility index (Phi) is 12.5. The largest absolute Gasteiger partial charge is 0.489 e. The number of aromatic nitrogens is 2. The third kappa shape index (κ3) is 8.93. The molecule has 3 aromatic carbocycles. The Hall–Kier alpha value is -3.96. The molecule has 48 heavy (non-hydrogen) atoms. The van der Waals surface area contributed by atoms with Gasteiger partial charge in [-0.2, -0.15) is 0 Å². The smallest absolute Gasteiger partial charge is 0.266 e. The topological polar surface area (TPSA) is 89.4 Å². The van der Waals surface area contributed by atoms with Crippen LogP contribution in [0.2, 0.25) is 5.02 Å². The van der Waals surface area contributed by atoms with E-state index in [0.717, 1.165) is 25.2 Å². The minimum Gasteiger partial charge on any atom is -0.489 e. The Morgan fingerprint density at radius 2 is 1.58 bits per heavy atom. The summed E-state index contributed by atoms with van der Waals surface area (Å²) >= 11 is 5.95. The van der Waals surface area contributed by atoms with Crippen LogP contribution in [0, 0.1) is 0 Å². The molecule has 0 N–H and O–H groups in total. The number of hydrogen-bond acceptors (Lipinski definition) is 8. The van der Waals surface area contributed by atoms with Gasteiger partial charge in [-0.1, -0.05) is 43.6 Å². The third-order valence-electron chi connectivity index (χ3n) is 8.25. The lowest BCUT2D eigenvalue weighted by Gasteiger charge is -2.34. The zero-order chi connectivity index (χ0) is 34.0. The lowest BCUT2D eigenvalue weighted by molar-refractivity contribution is -0.135. The third-order valence-corrected chi connectivity index (χ3v) is 8.50. The van der Waals surface area contributed by atoms with Crippen molar-refractivity contribution in [2.75, 3.05) is 59.1 Å². The number of carbonyl (C=O) groups excluding carboxylic acids is 1. The second kappa shape index (κ2) is 16.9. The number of para-hydroxylation sites is 1. The van der Waals surface area contributed by atoms with E-state index in [1.807, 2.05) is 62.9 Å². The average molecular weight is 676 g/mol. The van der Waals surface area contributed by atoms with Gasteiger partial charge < -0.3 is 19.1 Å². The summed E-state index contributed by atoms with van der Waals surface area (Å²) in [4.78, 5) is 38.6. The molecule has 0 unspecified atom stereocenters. The van der Waals surface area contributed by atoms with Crippen LogP contribution in [0.5, 0.6) is 11.5 Å². The number of carbonyl (C=O) groups is 1. The van der Waals surface area contributed by atoms with Crippen LogP contribution in [0.1, 0.15) is 39.1 Å². The molecule has 11 heteroatoms. The molecule has 2 fully saturated rings. The van der Waals surface area contributed by atoms with E-state index in [1.165, 1.54) is 0 Å². The van der Waals surface area contributed by atoms with Gasteiger partial charge in [-0.25, -0.2) is 4.98 Å². The molecule has 256 valence electrons. The van der Waals surface area contributed by atoms with Crippen LogP contribution in [0.15, 0.2) is 71.5 Å². The molecule has 0 radical (unpaired) electrons. The summed E-state index contributed by atoms with van der Waals surface area (Å²) in [5.41, 5.74) is 2.30. The minimum absolute atomic E-state index is 0.0349. The summed E-state index contributed by atoms with van der Waals surface area (Å²) in [7, 11) is 0. The average Bonchev–Trinajstić information content (AvgIpc) is 3.10. The van der Waals surface area contributed by atoms with Gasteiger partial charge in [-0.15, -0.1) is 0 Å². The molecule has 0 aliphatic carbocycles. The first-order chi connectivity index (χ1) is 23.3. The van der Waals surface area contributed by atoms with Crippen LogP contribution in [-0.4, -0.2) is 95.4 Å². The predicted octanol–water partition coefficient (Wildman–Crippen LogP) is 5.41. The quantitative estimate of drug-likeness (QED) is 0.221. The summed E-state index contributed by atoms with van der Waals surface area (Å²) < 4.78 is 19.2. The van der Waals surface area contributed by atoms with Crippen LogP contribution in [0.25, 0.3) is 16.6 Å². The van der Waals surface area contributed by atoms with Crippen molar-refractivity contribution in [1.82, 2.24) is 24.3 Å². The first-order valence-corrected chi connectivity index (χ1v) is 17.2. The van der Waals surface area contributed by atoms with E-state index in [2.05, 4.69) is 21.9 Å². The number of piperazine rings is 1. The fraction of sp³-hybridized carbons (Fsp3) is 0.432. The van der Waals surface area contributed by atoms with Gasteiger partial charge in [0.25, 0.3) is 11.5 Å². The van der Waals surface area contributed by atoms with Crippen molar-refractivity contribution in [1.29, 1.82) is 0 Å². The number of ether oxygens (including phenoxy) is 3. The van der Waals surface area contributed by atoms with Crippen molar-refractivity contribution in [2.24, 2.45) is 0 Å². The molecule has 4 aromatic rings. The molecule has 3 heterocycles. The van der Waals surface area contributed by atoms with Gasteiger partial charge in [0, 0.05) is 50.8 Å². The molecule has 6 rings (SSSR count). The maximum absolute atomic E-state index is 14.2. The van der Waals surface area contributed by atoms with E-state index in [-0.39, 0.29) is 24.2 Å². The molecule has 0 atom stereocenters. The maximum Gasteiger partial charge on any atom is 0.266 e. The van der Waals surface area contributed by atoms with Crippen molar-refractivity contribution in [3.63, 3.8) is 0 Å². The van der Waals surface area contributed by atoms with Crippen LogP contribution in [-0.2, 0) is 22.6 Å².